The van der Waals surface area contributed by atoms with Gasteiger partial charge in [0.15, 0.2) is 5.17 Å². The van der Waals surface area contributed by atoms with E-state index in [1.54, 1.807) is 25.3 Å². The molecule has 2 aromatic carbocycles. The molecule has 0 radical (unpaired) electrons. The third kappa shape index (κ3) is 5.72. The SMILES string of the molecule is COc1ccccc1C=NN=C1NC(=O)C(CC(=O)Nc2ccc(Cl)c(Cl)c2)S1. The van der Waals surface area contributed by atoms with E-state index in [1.807, 2.05) is 24.3 Å². The number of thioether (sulfide) groups is 1. The van der Waals surface area contributed by atoms with E-state index in [0.717, 1.165) is 17.3 Å². The van der Waals surface area contributed by atoms with Gasteiger partial charge in [0.1, 0.15) is 11.0 Å². The summed E-state index contributed by atoms with van der Waals surface area (Å²) < 4.78 is 5.23. The van der Waals surface area contributed by atoms with Gasteiger partial charge in [0.25, 0.3) is 0 Å². The van der Waals surface area contributed by atoms with Crippen LogP contribution in [0, 0.1) is 0 Å². The van der Waals surface area contributed by atoms with Gasteiger partial charge in [0.2, 0.25) is 11.8 Å². The molecule has 1 unspecified atom stereocenters. The molecular formula is C19H16Cl2N4O3S. The molecule has 29 heavy (non-hydrogen) atoms. The average Bonchev–Trinajstić information content (AvgIpc) is 3.04. The van der Waals surface area contributed by atoms with Gasteiger partial charge in [-0.2, -0.15) is 5.10 Å². The van der Waals surface area contributed by atoms with Crippen LogP contribution in [0.2, 0.25) is 10.0 Å². The molecular weight excluding hydrogens is 435 g/mol. The fourth-order valence-corrected chi connectivity index (χ4v) is 3.68. The van der Waals surface area contributed by atoms with Crippen molar-refractivity contribution < 1.29 is 14.3 Å². The maximum Gasteiger partial charge on any atom is 0.240 e. The first kappa shape index (κ1) is 21.2. The second-order valence-electron chi connectivity index (χ2n) is 5.87. The van der Waals surface area contributed by atoms with Crippen molar-refractivity contribution in [2.45, 2.75) is 11.7 Å². The Labute approximate surface area is 181 Å². The predicted molar refractivity (Wildman–Crippen MR) is 117 cm³/mol. The molecule has 0 spiro atoms. The van der Waals surface area contributed by atoms with E-state index in [9.17, 15) is 9.59 Å². The standard InChI is InChI=1S/C19H16Cl2N4O3S/c1-28-15-5-3-2-4-11(15)10-22-25-19-24-18(27)16(29-19)9-17(26)23-12-6-7-13(20)14(21)8-12/h2-8,10,16H,9H2,1H3,(H,23,26)(H,24,25,27). The van der Waals surface area contributed by atoms with Crippen molar-refractivity contribution in [2.75, 3.05) is 12.4 Å². The van der Waals surface area contributed by atoms with E-state index >= 15 is 0 Å². The lowest BCUT2D eigenvalue weighted by Gasteiger charge is -2.08. The number of nitrogens with one attached hydrogen (secondary N) is 2. The maximum absolute atomic E-state index is 12.2. The average molecular weight is 451 g/mol. The minimum atomic E-state index is -0.599. The van der Waals surface area contributed by atoms with Crippen LogP contribution >= 0.6 is 35.0 Å². The molecule has 7 nitrogen and oxygen atoms in total. The molecule has 1 atom stereocenters. The molecule has 2 amide bonds. The van der Waals surface area contributed by atoms with E-state index in [2.05, 4.69) is 20.8 Å². The monoisotopic (exact) mass is 450 g/mol. The van der Waals surface area contributed by atoms with Crippen LogP contribution in [0.5, 0.6) is 5.75 Å². The number of hydrogen-bond donors (Lipinski definition) is 2. The van der Waals surface area contributed by atoms with Crippen molar-refractivity contribution in [3.05, 3.63) is 58.1 Å². The highest BCUT2D eigenvalue weighted by molar-refractivity contribution is 8.15. The van der Waals surface area contributed by atoms with Gasteiger partial charge in [0.05, 0.1) is 23.4 Å². The van der Waals surface area contributed by atoms with Crippen molar-refractivity contribution in [2.24, 2.45) is 10.2 Å². The number of nitrogens with zero attached hydrogens (tertiary/aromatic N) is 2. The number of methoxy groups -OCH3 is 1. The van der Waals surface area contributed by atoms with Crippen LogP contribution < -0.4 is 15.4 Å². The molecule has 1 aliphatic rings. The summed E-state index contributed by atoms with van der Waals surface area (Å²) in [6.45, 7) is 0. The third-order valence-corrected chi connectivity index (χ3v) is 5.65. The minimum absolute atomic E-state index is 0.0218. The first-order chi connectivity index (χ1) is 14.0. The molecule has 1 aliphatic heterocycles. The zero-order valence-corrected chi connectivity index (χ0v) is 17.5. The number of halogens is 2. The second-order valence-corrected chi connectivity index (χ2v) is 7.87. The van der Waals surface area contributed by atoms with Crippen LogP contribution in [0.3, 0.4) is 0 Å². The maximum atomic E-state index is 12.2. The number of benzene rings is 2. The summed E-state index contributed by atoms with van der Waals surface area (Å²) >= 11 is 12.9. The molecule has 0 aliphatic carbocycles. The number of rotatable bonds is 6. The molecule has 0 saturated carbocycles. The third-order valence-electron chi connectivity index (χ3n) is 3.83. The van der Waals surface area contributed by atoms with E-state index in [1.165, 1.54) is 6.21 Å². The summed E-state index contributed by atoms with van der Waals surface area (Å²) in [4.78, 5) is 24.3. The van der Waals surface area contributed by atoms with Crippen LogP contribution in [0.1, 0.15) is 12.0 Å². The van der Waals surface area contributed by atoms with Gasteiger partial charge in [-0.25, -0.2) is 0 Å². The van der Waals surface area contributed by atoms with Crippen molar-refractivity contribution in [1.82, 2.24) is 5.32 Å². The van der Waals surface area contributed by atoms with Crippen LogP contribution in [-0.2, 0) is 9.59 Å². The smallest absolute Gasteiger partial charge is 0.240 e. The number of para-hydroxylation sites is 1. The summed E-state index contributed by atoms with van der Waals surface area (Å²) in [6.07, 6.45) is 1.51. The fraction of sp³-hybridized carbons (Fsp3) is 0.158. The van der Waals surface area contributed by atoms with Gasteiger partial charge in [0, 0.05) is 17.7 Å². The van der Waals surface area contributed by atoms with Gasteiger partial charge < -0.3 is 15.4 Å². The number of ether oxygens (including phenoxy) is 1. The Bertz CT molecular complexity index is 997. The Morgan fingerprint density at radius 1 is 1.28 bits per heavy atom. The number of hydrogen-bond acceptors (Lipinski definition) is 6. The second kappa shape index (κ2) is 9.78. The zero-order valence-electron chi connectivity index (χ0n) is 15.2. The van der Waals surface area contributed by atoms with Crippen LogP contribution in [0.25, 0.3) is 0 Å². The zero-order chi connectivity index (χ0) is 20.8. The van der Waals surface area contributed by atoms with Crippen molar-refractivity contribution in [3.8, 4) is 5.75 Å². The van der Waals surface area contributed by atoms with Crippen LogP contribution in [0.15, 0.2) is 52.7 Å². The molecule has 3 rings (SSSR count). The number of anilines is 1. The number of carbonyl (C=O) groups excluding carboxylic acids is 2. The fourth-order valence-electron chi connectivity index (χ4n) is 2.46. The Morgan fingerprint density at radius 3 is 2.83 bits per heavy atom. The molecule has 10 heteroatoms. The summed E-state index contributed by atoms with van der Waals surface area (Å²) in [7, 11) is 1.57. The van der Waals surface area contributed by atoms with Crippen molar-refractivity contribution in [1.29, 1.82) is 0 Å². The van der Waals surface area contributed by atoms with Gasteiger partial charge >= 0.3 is 0 Å². The van der Waals surface area contributed by atoms with E-state index in [-0.39, 0.29) is 18.2 Å². The predicted octanol–water partition coefficient (Wildman–Crippen LogP) is 3.95. The van der Waals surface area contributed by atoms with E-state index in [0.29, 0.717) is 26.6 Å². The molecule has 1 fully saturated rings. The van der Waals surface area contributed by atoms with Gasteiger partial charge in [-0.05, 0) is 30.3 Å². The molecule has 0 aromatic heterocycles. The Morgan fingerprint density at radius 2 is 2.07 bits per heavy atom. The molecule has 150 valence electrons. The lowest BCUT2D eigenvalue weighted by atomic mass is 10.2. The number of amides is 2. The quantitative estimate of drug-likeness (QED) is 0.514. The van der Waals surface area contributed by atoms with Crippen LogP contribution in [0.4, 0.5) is 5.69 Å². The van der Waals surface area contributed by atoms with Gasteiger partial charge in [-0.1, -0.05) is 47.1 Å². The number of amidine groups is 1. The summed E-state index contributed by atoms with van der Waals surface area (Å²) in [6, 6.07) is 12.1. The van der Waals surface area contributed by atoms with Gasteiger partial charge in [-0.3, -0.25) is 9.59 Å². The molecule has 2 N–H and O–H groups in total. The van der Waals surface area contributed by atoms with E-state index in [4.69, 9.17) is 27.9 Å². The molecule has 1 heterocycles. The largest absolute Gasteiger partial charge is 0.496 e. The van der Waals surface area contributed by atoms with Crippen molar-refractivity contribution in [3.63, 3.8) is 0 Å². The minimum Gasteiger partial charge on any atom is -0.496 e. The Kier molecular flexibility index (Phi) is 7.13. The topological polar surface area (TPSA) is 92.2 Å². The van der Waals surface area contributed by atoms with Crippen molar-refractivity contribution >= 4 is 63.8 Å². The normalized spacial score (nSPS) is 17.6. The lowest BCUT2D eigenvalue weighted by Crippen LogP contribution is -2.28. The highest BCUT2D eigenvalue weighted by Crippen LogP contribution is 2.26. The molecule has 1 saturated heterocycles. The molecule has 2 aromatic rings. The Hall–Kier alpha value is -2.55. The highest BCUT2D eigenvalue weighted by atomic mass is 35.5. The van der Waals surface area contributed by atoms with E-state index < -0.39 is 5.25 Å². The van der Waals surface area contributed by atoms with Gasteiger partial charge in [-0.15, -0.1) is 5.10 Å². The Balaban J connectivity index is 1.58. The first-order valence-corrected chi connectivity index (χ1v) is 10.1. The summed E-state index contributed by atoms with van der Waals surface area (Å²) in [5, 5.41) is 13.8. The number of carbonyl (C=O) groups is 2. The van der Waals surface area contributed by atoms with Crippen LogP contribution in [-0.4, -0.2) is 35.6 Å². The lowest BCUT2D eigenvalue weighted by molar-refractivity contribution is -0.122. The summed E-state index contributed by atoms with van der Waals surface area (Å²) in [5.41, 5.74) is 1.26. The first-order valence-electron chi connectivity index (χ1n) is 8.42. The molecule has 0 bridgehead atoms. The summed E-state index contributed by atoms with van der Waals surface area (Å²) in [5.74, 6) is 0.0387. The highest BCUT2D eigenvalue weighted by Gasteiger charge is 2.32.